The van der Waals surface area contributed by atoms with Gasteiger partial charge in [-0.3, -0.25) is 4.79 Å². The molecule has 14 heavy (non-hydrogen) atoms. The number of alkyl halides is 1. The number of hydrogen-bond donors (Lipinski definition) is 0. The molecular weight excluding hydrogens is 242 g/mol. The normalized spacial score (nSPS) is 39.8. The number of halogens is 1. The molecule has 3 heteroatoms. The lowest BCUT2D eigenvalue weighted by Gasteiger charge is -2.19. The highest BCUT2D eigenvalue weighted by Crippen LogP contribution is 2.60. The van der Waals surface area contributed by atoms with Crippen LogP contribution in [0.15, 0.2) is 0 Å². The minimum absolute atomic E-state index is 0.113. The lowest BCUT2D eigenvalue weighted by molar-refractivity contribution is -0.128. The van der Waals surface area contributed by atoms with Crippen molar-refractivity contribution in [2.45, 2.75) is 49.4 Å². The van der Waals surface area contributed by atoms with E-state index in [1.807, 2.05) is 0 Å². The van der Waals surface area contributed by atoms with Crippen LogP contribution >= 0.6 is 15.9 Å². The van der Waals surface area contributed by atoms with Crippen molar-refractivity contribution in [3.05, 3.63) is 0 Å². The molecule has 2 aliphatic carbocycles. The van der Waals surface area contributed by atoms with Crippen molar-refractivity contribution in [1.29, 1.82) is 0 Å². The Kier molecular flexibility index (Phi) is 1.95. The van der Waals surface area contributed by atoms with Gasteiger partial charge in [-0.15, -0.1) is 0 Å². The van der Waals surface area contributed by atoms with Crippen LogP contribution in [0.3, 0.4) is 0 Å². The van der Waals surface area contributed by atoms with Crippen LogP contribution in [0.5, 0.6) is 0 Å². The van der Waals surface area contributed by atoms with Gasteiger partial charge in [-0.05, 0) is 31.1 Å². The zero-order chi connectivity index (χ0) is 9.76. The summed E-state index contributed by atoms with van der Waals surface area (Å²) in [5, 5.41) is 0. The first kappa shape index (κ1) is 9.20. The monoisotopic (exact) mass is 257 g/mol. The lowest BCUT2D eigenvalue weighted by atomic mass is 10.0. The van der Waals surface area contributed by atoms with Gasteiger partial charge >= 0.3 is 0 Å². The van der Waals surface area contributed by atoms with Gasteiger partial charge in [-0.2, -0.15) is 0 Å². The summed E-state index contributed by atoms with van der Waals surface area (Å²) in [5.41, 5.74) is 0.576. The molecule has 1 aliphatic heterocycles. The summed E-state index contributed by atoms with van der Waals surface area (Å²) in [7, 11) is 0. The van der Waals surface area contributed by atoms with Gasteiger partial charge in [0.2, 0.25) is 5.91 Å². The summed E-state index contributed by atoms with van der Waals surface area (Å²) in [6.07, 6.45) is 7.80. The highest BCUT2D eigenvalue weighted by molar-refractivity contribution is 9.10. The minimum atomic E-state index is 0.113. The molecule has 0 aromatic heterocycles. The van der Waals surface area contributed by atoms with Crippen molar-refractivity contribution in [2.75, 3.05) is 6.54 Å². The van der Waals surface area contributed by atoms with E-state index in [9.17, 15) is 4.79 Å². The predicted octanol–water partition coefficient (Wildman–Crippen LogP) is 2.31. The fraction of sp³-hybridized carbons (Fsp3) is 0.909. The molecular formula is C11H16BrNO. The number of amides is 1. The molecule has 0 aromatic rings. The Morgan fingerprint density at radius 2 is 2.07 bits per heavy atom. The quantitative estimate of drug-likeness (QED) is 0.661. The molecule has 3 aliphatic rings. The van der Waals surface area contributed by atoms with E-state index in [1.165, 1.54) is 32.1 Å². The highest BCUT2D eigenvalue weighted by atomic mass is 79.9. The third kappa shape index (κ3) is 1.17. The SMILES string of the molecule is O=C1C(Br)CCN1C1CC12CCCC2. The van der Waals surface area contributed by atoms with Crippen molar-refractivity contribution in [3.8, 4) is 0 Å². The van der Waals surface area contributed by atoms with E-state index in [0.29, 0.717) is 17.4 Å². The van der Waals surface area contributed by atoms with Crippen LogP contribution < -0.4 is 0 Å². The van der Waals surface area contributed by atoms with Crippen LogP contribution in [0.2, 0.25) is 0 Å². The Balaban J connectivity index is 1.71. The molecule has 0 bridgehead atoms. The Hall–Kier alpha value is -0.0500. The molecule has 1 saturated heterocycles. The topological polar surface area (TPSA) is 20.3 Å². The van der Waals surface area contributed by atoms with Crippen LogP contribution in [0.4, 0.5) is 0 Å². The smallest absolute Gasteiger partial charge is 0.236 e. The first-order valence-electron chi connectivity index (χ1n) is 5.67. The van der Waals surface area contributed by atoms with Crippen LogP contribution in [0, 0.1) is 5.41 Å². The second-order valence-electron chi connectivity index (χ2n) is 5.08. The van der Waals surface area contributed by atoms with E-state index in [1.54, 1.807) is 0 Å². The largest absolute Gasteiger partial charge is 0.338 e. The maximum Gasteiger partial charge on any atom is 0.236 e. The van der Waals surface area contributed by atoms with E-state index < -0.39 is 0 Å². The molecule has 2 saturated carbocycles. The number of carbonyl (C=O) groups is 1. The Morgan fingerprint density at radius 1 is 1.36 bits per heavy atom. The van der Waals surface area contributed by atoms with Crippen molar-refractivity contribution < 1.29 is 4.79 Å². The van der Waals surface area contributed by atoms with Gasteiger partial charge in [0.1, 0.15) is 0 Å². The summed E-state index contributed by atoms with van der Waals surface area (Å²) >= 11 is 3.45. The zero-order valence-corrected chi connectivity index (χ0v) is 9.92. The Labute approximate surface area is 93.2 Å². The fourth-order valence-electron chi connectivity index (χ4n) is 3.36. The standard InChI is InChI=1S/C11H16BrNO/c12-8-3-6-13(10(8)14)9-7-11(9)4-1-2-5-11/h8-9H,1-7H2. The summed E-state index contributed by atoms with van der Waals surface area (Å²) in [4.78, 5) is 14.1. The Morgan fingerprint density at radius 3 is 2.64 bits per heavy atom. The molecule has 1 amide bonds. The summed E-state index contributed by atoms with van der Waals surface area (Å²) in [6.45, 7) is 0.987. The molecule has 3 fully saturated rings. The zero-order valence-electron chi connectivity index (χ0n) is 8.34. The van der Waals surface area contributed by atoms with Gasteiger partial charge in [-0.1, -0.05) is 28.8 Å². The molecule has 0 aromatic carbocycles. The molecule has 1 spiro atoms. The molecule has 1 heterocycles. The average molecular weight is 258 g/mol. The van der Waals surface area contributed by atoms with Crippen LogP contribution in [-0.2, 0) is 4.79 Å². The van der Waals surface area contributed by atoms with E-state index in [-0.39, 0.29) is 4.83 Å². The predicted molar refractivity (Wildman–Crippen MR) is 58.4 cm³/mol. The number of likely N-dealkylation sites (tertiary alicyclic amines) is 1. The van der Waals surface area contributed by atoms with Gasteiger partial charge < -0.3 is 4.90 Å². The maximum absolute atomic E-state index is 11.8. The Bertz CT molecular complexity index is 272. The van der Waals surface area contributed by atoms with E-state index in [0.717, 1.165) is 13.0 Å². The molecule has 78 valence electrons. The summed E-state index contributed by atoms with van der Waals surface area (Å²) < 4.78 is 0. The molecule has 2 atom stereocenters. The molecule has 0 radical (unpaired) electrons. The van der Waals surface area contributed by atoms with Crippen molar-refractivity contribution in [1.82, 2.24) is 4.90 Å². The molecule has 0 N–H and O–H groups in total. The molecule has 2 unspecified atom stereocenters. The first-order valence-corrected chi connectivity index (χ1v) is 6.59. The van der Waals surface area contributed by atoms with Crippen molar-refractivity contribution >= 4 is 21.8 Å². The van der Waals surface area contributed by atoms with Crippen LogP contribution in [0.25, 0.3) is 0 Å². The average Bonchev–Trinajstić information content (AvgIpc) is 2.52. The molecule has 3 rings (SSSR count). The lowest BCUT2D eigenvalue weighted by Crippen LogP contribution is -2.32. The third-order valence-corrected chi connectivity index (χ3v) is 5.15. The van der Waals surface area contributed by atoms with E-state index >= 15 is 0 Å². The second kappa shape index (κ2) is 2.97. The van der Waals surface area contributed by atoms with Gasteiger partial charge in [-0.25, -0.2) is 0 Å². The third-order valence-electron chi connectivity index (χ3n) is 4.30. The van der Waals surface area contributed by atoms with E-state index in [2.05, 4.69) is 20.8 Å². The van der Waals surface area contributed by atoms with Crippen LogP contribution in [0.1, 0.15) is 38.5 Å². The van der Waals surface area contributed by atoms with Gasteiger partial charge in [0.05, 0.1) is 4.83 Å². The minimum Gasteiger partial charge on any atom is -0.338 e. The molecule has 2 nitrogen and oxygen atoms in total. The van der Waals surface area contributed by atoms with Crippen LogP contribution in [-0.4, -0.2) is 28.2 Å². The maximum atomic E-state index is 11.8. The first-order chi connectivity index (χ1) is 6.73. The van der Waals surface area contributed by atoms with Crippen molar-refractivity contribution in [3.63, 3.8) is 0 Å². The summed E-state index contributed by atoms with van der Waals surface area (Å²) in [6, 6.07) is 0.611. The second-order valence-corrected chi connectivity index (χ2v) is 6.18. The van der Waals surface area contributed by atoms with Gasteiger partial charge in [0.25, 0.3) is 0 Å². The van der Waals surface area contributed by atoms with Gasteiger partial charge in [0, 0.05) is 12.6 Å². The number of nitrogens with zero attached hydrogens (tertiary/aromatic N) is 1. The number of rotatable bonds is 1. The van der Waals surface area contributed by atoms with E-state index in [4.69, 9.17) is 0 Å². The van der Waals surface area contributed by atoms with Crippen molar-refractivity contribution in [2.24, 2.45) is 5.41 Å². The summed E-state index contributed by atoms with van der Waals surface area (Å²) in [5.74, 6) is 0.346. The number of carbonyl (C=O) groups excluding carboxylic acids is 1. The fourth-order valence-corrected chi connectivity index (χ4v) is 3.83. The number of hydrogen-bond acceptors (Lipinski definition) is 1. The van der Waals surface area contributed by atoms with Gasteiger partial charge in [0.15, 0.2) is 0 Å². The highest BCUT2D eigenvalue weighted by Gasteiger charge is 2.59.